The van der Waals surface area contributed by atoms with Gasteiger partial charge in [-0.05, 0) is 6.92 Å². The number of carboxylic acid groups (broad SMARTS) is 2. The molecule has 3 atom stereocenters. The van der Waals surface area contributed by atoms with Crippen LogP contribution in [0.15, 0.2) is 0 Å². The molecule has 0 bridgehead atoms. The van der Waals surface area contributed by atoms with E-state index in [-0.39, 0.29) is 98.7 Å². The van der Waals surface area contributed by atoms with E-state index in [1.54, 1.807) is 11.8 Å². The molecule has 2 N–H and O–H groups in total. The Balaban J connectivity index is 0.00000160. The number of halogens is 2. The Morgan fingerprint density at radius 1 is 1.13 bits per heavy atom. The van der Waals surface area contributed by atoms with Crippen molar-refractivity contribution in [2.75, 3.05) is 18.0 Å². The number of aryl methyl sites for hydroxylation is 1. The molecular formula is C16H12Cl2N4Na2O5S. The Hall–Kier alpha value is -0.300. The van der Waals surface area contributed by atoms with Crippen LogP contribution in [0, 0.1) is 18.8 Å². The van der Waals surface area contributed by atoms with Gasteiger partial charge in [0.15, 0.2) is 5.13 Å². The van der Waals surface area contributed by atoms with Gasteiger partial charge < -0.3 is 35.0 Å². The monoisotopic (exact) mass is 488 g/mol. The molecule has 0 spiro atoms. The second-order valence-corrected chi connectivity index (χ2v) is 8.47. The van der Waals surface area contributed by atoms with Gasteiger partial charge in [-0.2, -0.15) is 0 Å². The molecule has 30 heavy (non-hydrogen) atoms. The summed E-state index contributed by atoms with van der Waals surface area (Å²) in [6.07, 6.45) is 0. The summed E-state index contributed by atoms with van der Waals surface area (Å²) in [5, 5.41) is 25.8. The summed E-state index contributed by atoms with van der Waals surface area (Å²) in [4.78, 5) is 42.6. The quantitative estimate of drug-likeness (QED) is 0.398. The number of nitrogens with one attached hydrogen (secondary N) is 2. The summed E-state index contributed by atoms with van der Waals surface area (Å²) >= 11 is 12.8. The molecule has 14 heteroatoms. The van der Waals surface area contributed by atoms with Gasteiger partial charge >= 0.3 is 59.1 Å². The number of aromatic carboxylic acids is 2. The van der Waals surface area contributed by atoms with Gasteiger partial charge in [0.05, 0.1) is 26.9 Å². The minimum Gasteiger partial charge on any atom is -0.544 e. The maximum absolute atomic E-state index is 12.4. The maximum Gasteiger partial charge on any atom is 1.00 e. The number of carbonyl (C=O) groups is 3. The SMILES string of the molecule is Cc1[nH]c(C(=O)N[C@@H]2[C@@H]3CN(c4nc(C(=O)[O-])c(C(=O)[O-])s4)C[C@@H]32)c(Cl)c1Cl.[Na+].[Na+]. The van der Waals surface area contributed by atoms with E-state index in [0.29, 0.717) is 23.8 Å². The first kappa shape index (κ1) is 26.0. The molecule has 2 fully saturated rings. The van der Waals surface area contributed by atoms with Gasteiger partial charge in [-0.1, -0.05) is 34.5 Å². The summed E-state index contributed by atoms with van der Waals surface area (Å²) in [6, 6.07) is -0.0524. The number of piperidine rings is 1. The second kappa shape index (κ2) is 9.68. The molecule has 2 aromatic heterocycles. The number of carboxylic acids is 2. The average molecular weight is 489 g/mol. The predicted octanol–water partition coefficient (Wildman–Crippen LogP) is -6.31. The van der Waals surface area contributed by atoms with Crippen molar-refractivity contribution < 1.29 is 83.7 Å². The number of thiazole rings is 1. The minimum absolute atomic E-state index is 0. The standard InChI is InChI=1S/C16H14Cl2N4O5S.2Na/c1-4-7(17)8(18)10(19-4)13(23)20-9-5-2-22(3-6(5)9)16-21-11(14(24)25)12(28-16)15(26)27;;/h5-6,9,19H,2-3H2,1H3,(H,20,23)(H,24,25)(H,26,27);;/q;2*+1/p-2/t5-,6+,9-;;. The van der Waals surface area contributed by atoms with Gasteiger partial charge in [-0.25, -0.2) is 4.98 Å². The maximum atomic E-state index is 12.4. The van der Waals surface area contributed by atoms with Crippen molar-refractivity contribution in [1.82, 2.24) is 15.3 Å². The van der Waals surface area contributed by atoms with Crippen molar-refractivity contribution in [2.24, 2.45) is 11.8 Å². The molecule has 4 rings (SSSR count). The van der Waals surface area contributed by atoms with Crippen LogP contribution in [-0.2, 0) is 0 Å². The first-order chi connectivity index (χ1) is 13.2. The Morgan fingerprint density at radius 2 is 1.73 bits per heavy atom. The van der Waals surface area contributed by atoms with Crippen LogP contribution < -0.4 is 79.5 Å². The van der Waals surface area contributed by atoms with Crippen molar-refractivity contribution in [2.45, 2.75) is 13.0 Å². The van der Waals surface area contributed by atoms with E-state index in [4.69, 9.17) is 23.2 Å². The number of rotatable bonds is 5. The summed E-state index contributed by atoms with van der Waals surface area (Å²) in [6.45, 7) is 2.74. The number of fused-ring (bicyclic) bond motifs is 1. The molecule has 2 aromatic rings. The van der Waals surface area contributed by atoms with Crippen molar-refractivity contribution >= 4 is 57.5 Å². The summed E-state index contributed by atoms with van der Waals surface area (Å²) in [5.74, 6) is -3.31. The number of H-pyrrole nitrogens is 1. The molecular weight excluding hydrogens is 477 g/mol. The third-order valence-corrected chi connectivity index (χ3v) is 7.08. The number of amides is 1. The van der Waals surface area contributed by atoms with Crippen LogP contribution in [-0.4, -0.2) is 46.9 Å². The van der Waals surface area contributed by atoms with Crippen LogP contribution in [0.3, 0.4) is 0 Å². The van der Waals surface area contributed by atoms with E-state index in [1.807, 2.05) is 0 Å². The van der Waals surface area contributed by atoms with Crippen LogP contribution in [0.25, 0.3) is 0 Å². The van der Waals surface area contributed by atoms with Gasteiger partial charge in [-0.15, -0.1) is 0 Å². The number of hydrogen-bond acceptors (Lipinski definition) is 8. The van der Waals surface area contributed by atoms with E-state index in [9.17, 15) is 24.6 Å². The Labute approximate surface area is 229 Å². The molecule has 0 unspecified atom stereocenters. The first-order valence-electron chi connectivity index (χ1n) is 8.22. The van der Waals surface area contributed by atoms with Crippen LogP contribution in [0.1, 0.15) is 36.3 Å². The third kappa shape index (κ3) is 4.57. The third-order valence-electron chi connectivity index (χ3n) is 5.04. The molecule has 1 saturated heterocycles. The second-order valence-electron chi connectivity index (χ2n) is 6.73. The summed E-state index contributed by atoms with van der Waals surface area (Å²) < 4.78 is 0. The number of carbonyl (C=O) groups excluding carboxylic acids is 3. The summed E-state index contributed by atoms with van der Waals surface area (Å²) in [5.41, 5.74) is 0.192. The summed E-state index contributed by atoms with van der Waals surface area (Å²) in [7, 11) is 0. The van der Waals surface area contributed by atoms with E-state index in [2.05, 4.69) is 15.3 Å². The molecule has 1 aliphatic carbocycles. The van der Waals surface area contributed by atoms with Gasteiger partial charge in [0.1, 0.15) is 11.4 Å². The Bertz CT molecular complexity index is 986. The number of anilines is 1. The molecule has 0 radical (unpaired) electrons. The largest absolute Gasteiger partial charge is 1.00 e. The van der Waals surface area contributed by atoms with Gasteiger partial charge in [0, 0.05) is 36.7 Å². The van der Waals surface area contributed by atoms with Gasteiger partial charge in [0.25, 0.3) is 5.91 Å². The van der Waals surface area contributed by atoms with E-state index in [0.717, 1.165) is 11.3 Å². The van der Waals surface area contributed by atoms with E-state index in [1.165, 1.54) is 0 Å². The molecule has 3 heterocycles. The van der Waals surface area contributed by atoms with Gasteiger partial charge in [-0.3, -0.25) is 4.79 Å². The average Bonchev–Trinajstić information content (AvgIpc) is 3.06. The number of hydrogen-bond donors (Lipinski definition) is 2. The smallest absolute Gasteiger partial charge is 0.544 e. The molecule has 148 valence electrons. The van der Waals surface area contributed by atoms with Crippen LogP contribution >= 0.6 is 34.5 Å². The molecule has 1 amide bonds. The van der Waals surface area contributed by atoms with Crippen molar-refractivity contribution in [3.8, 4) is 0 Å². The molecule has 2 aliphatic rings. The van der Waals surface area contributed by atoms with Crippen molar-refractivity contribution in [3.63, 3.8) is 0 Å². The van der Waals surface area contributed by atoms with Crippen LogP contribution in [0.4, 0.5) is 5.13 Å². The molecule has 1 aliphatic heterocycles. The van der Waals surface area contributed by atoms with Crippen molar-refractivity contribution in [1.29, 1.82) is 0 Å². The fourth-order valence-electron chi connectivity index (χ4n) is 3.57. The predicted molar refractivity (Wildman–Crippen MR) is 96.8 cm³/mol. The Morgan fingerprint density at radius 3 is 2.17 bits per heavy atom. The fraction of sp³-hybridized carbons (Fsp3) is 0.375. The zero-order valence-electron chi connectivity index (χ0n) is 16.2. The van der Waals surface area contributed by atoms with E-state index >= 15 is 0 Å². The zero-order valence-corrected chi connectivity index (χ0v) is 22.6. The Kier molecular flexibility index (Phi) is 8.37. The first-order valence-corrected chi connectivity index (χ1v) is 9.79. The number of nitrogens with zero attached hydrogens (tertiary/aromatic N) is 2. The van der Waals surface area contributed by atoms with Gasteiger partial charge in [0.2, 0.25) is 0 Å². The van der Waals surface area contributed by atoms with E-state index < -0.39 is 22.5 Å². The van der Waals surface area contributed by atoms with Crippen LogP contribution in [0.5, 0.6) is 0 Å². The van der Waals surface area contributed by atoms with Crippen LogP contribution in [0.2, 0.25) is 10.0 Å². The zero-order chi connectivity index (χ0) is 20.3. The topological polar surface area (TPSA) is 141 Å². The molecule has 0 aromatic carbocycles. The fourth-order valence-corrected chi connectivity index (χ4v) is 4.89. The number of aromatic nitrogens is 2. The molecule has 1 saturated carbocycles. The number of aromatic amines is 1. The van der Waals surface area contributed by atoms with Crippen molar-refractivity contribution in [3.05, 3.63) is 32.0 Å². The molecule has 9 nitrogen and oxygen atoms in total. The minimum atomic E-state index is -1.66. The normalized spacial score (nSPS) is 21.3.